The number of hydrogen-bond donors (Lipinski definition) is 1. The van der Waals surface area contributed by atoms with Crippen LogP contribution in [0.1, 0.15) is 26.3 Å². The molecule has 8 heteroatoms. The van der Waals surface area contributed by atoms with Crippen molar-refractivity contribution in [3.8, 4) is 17.2 Å². The topological polar surface area (TPSA) is 93.5 Å². The Bertz CT molecular complexity index is 1360. The SMILES string of the molecule is N#Cc1ccc(C(=O)N2CCN3C(=O)c4cc(-c5ccccc5F)ccc4NC(=O)C3C2)cc1. The first-order chi connectivity index (χ1) is 16.5. The van der Waals surface area contributed by atoms with E-state index in [1.807, 2.05) is 6.07 Å². The Morgan fingerprint density at radius 3 is 2.50 bits per heavy atom. The van der Waals surface area contributed by atoms with Crippen molar-refractivity contribution in [3.05, 3.63) is 89.2 Å². The fourth-order valence-electron chi connectivity index (χ4n) is 4.37. The monoisotopic (exact) mass is 454 g/mol. The van der Waals surface area contributed by atoms with Crippen LogP contribution in [-0.4, -0.2) is 53.2 Å². The van der Waals surface area contributed by atoms with Gasteiger partial charge in [-0.15, -0.1) is 0 Å². The summed E-state index contributed by atoms with van der Waals surface area (Å²) in [5, 5.41) is 11.7. The van der Waals surface area contributed by atoms with Gasteiger partial charge in [0.05, 0.1) is 29.4 Å². The van der Waals surface area contributed by atoms with E-state index in [0.717, 1.165) is 0 Å². The van der Waals surface area contributed by atoms with Gasteiger partial charge in [0.1, 0.15) is 11.9 Å². The van der Waals surface area contributed by atoms with E-state index in [-0.39, 0.29) is 42.9 Å². The second-order valence-electron chi connectivity index (χ2n) is 8.18. The van der Waals surface area contributed by atoms with Gasteiger partial charge in [-0.3, -0.25) is 14.4 Å². The van der Waals surface area contributed by atoms with Crippen molar-refractivity contribution in [2.45, 2.75) is 6.04 Å². The molecule has 0 aromatic heterocycles. The molecule has 7 nitrogen and oxygen atoms in total. The van der Waals surface area contributed by atoms with Crippen LogP contribution in [0.25, 0.3) is 11.1 Å². The molecule has 3 amide bonds. The standard InChI is InChI=1S/C26H19FN4O3/c27-21-4-2-1-3-19(21)18-9-10-22-20(13-18)26(34)31-12-11-30(15-23(31)24(32)29-22)25(33)17-7-5-16(14-28)6-8-17/h1-10,13,23H,11-12,15H2,(H,29,32). The number of rotatable bonds is 2. The first-order valence-corrected chi connectivity index (χ1v) is 10.8. The van der Waals surface area contributed by atoms with Crippen LogP contribution in [0.3, 0.4) is 0 Å². The summed E-state index contributed by atoms with van der Waals surface area (Å²) in [6.07, 6.45) is 0. The highest BCUT2D eigenvalue weighted by Gasteiger charge is 2.40. The molecule has 0 radical (unpaired) electrons. The predicted molar refractivity (Wildman–Crippen MR) is 122 cm³/mol. The summed E-state index contributed by atoms with van der Waals surface area (Å²) in [7, 11) is 0. The lowest BCUT2D eigenvalue weighted by Gasteiger charge is -2.39. The molecule has 2 aliphatic heterocycles. The van der Waals surface area contributed by atoms with Gasteiger partial charge >= 0.3 is 0 Å². The minimum absolute atomic E-state index is 0.0462. The number of halogens is 1. The molecular weight excluding hydrogens is 435 g/mol. The van der Waals surface area contributed by atoms with E-state index in [9.17, 15) is 18.8 Å². The molecule has 3 aromatic rings. The summed E-state index contributed by atoms with van der Waals surface area (Å²) < 4.78 is 14.3. The van der Waals surface area contributed by atoms with Crippen molar-refractivity contribution in [1.29, 1.82) is 5.26 Å². The Balaban J connectivity index is 1.42. The van der Waals surface area contributed by atoms with Gasteiger partial charge in [-0.2, -0.15) is 5.26 Å². The second-order valence-corrected chi connectivity index (χ2v) is 8.18. The zero-order valence-corrected chi connectivity index (χ0v) is 18.0. The normalized spacial score (nSPS) is 17.2. The summed E-state index contributed by atoms with van der Waals surface area (Å²) in [5.74, 6) is -1.40. The minimum Gasteiger partial charge on any atom is -0.334 e. The fourth-order valence-corrected chi connectivity index (χ4v) is 4.37. The lowest BCUT2D eigenvalue weighted by Crippen LogP contribution is -2.59. The number of carbonyl (C=O) groups excluding carboxylic acids is 3. The number of hydrogen-bond acceptors (Lipinski definition) is 4. The van der Waals surface area contributed by atoms with Crippen molar-refractivity contribution in [1.82, 2.24) is 9.80 Å². The third-order valence-corrected chi connectivity index (χ3v) is 6.18. The van der Waals surface area contributed by atoms with E-state index in [0.29, 0.717) is 27.9 Å². The third-order valence-electron chi connectivity index (χ3n) is 6.18. The van der Waals surface area contributed by atoms with Crippen LogP contribution in [0.2, 0.25) is 0 Å². The lowest BCUT2D eigenvalue weighted by atomic mass is 10.0. The van der Waals surface area contributed by atoms with Crippen LogP contribution < -0.4 is 5.32 Å². The number of fused-ring (bicyclic) bond motifs is 2. The molecule has 3 aromatic carbocycles. The van der Waals surface area contributed by atoms with E-state index in [1.54, 1.807) is 60.7 Å². The van der Waals surface area contributed by atoms with Gasteiger partial charge in [0.2, 0.25) is 5.91 Å². The maximum atomic E-state index is 14.3. The van der Waals surface area contributed by atoms with Crippen molar-refractivity contribution in [2.75, 3.05) is 25.0 Å². The molecular formula is C26H19FN4O3. The number of nitrogens with one attached hydrogen (secondary N) is 1. The zero-order chi connectivity index (χ0) is 23.8. The highest BCUT2D eigenvalue weighted by Crippen LogP contribution is 2.31. The quantitative estimate of drug-likeness (QED) is 0.643. The molecule has 0 aliphatic carbocycles. The number of benzene rings is 3. The molecule has 0 bridgehead atoms. The molecule has 1 atom stereocenters. The van der Waals surface area contributed by atoms with E-state index in [2.05, 4.69) is 5.32 Å². The molecule has 5 rings (SSSR count). The maximum absolute atomic E-state index is 14.3. The van der Waals surface area contributed by atoms with Gasteiger partial charge in [0, 0.05) is 24.2 Å². The number of carbonyl (C=O) groups is 3. The summed E-state index contributed by atoms with van der Waals surface area (Å²) in [6, 6.07) is 18.6. The van der Waals surface area contributed by atoms with Crippen LogP contribution in [0.4, 0.5) is 10.1 Å². The number of nitriles is 1. The fraction of sp³-hybridized carbons (Fsp3) is 0.154. The number of amides is 3. The van der Waals surface area contributed by atoms with Crippen molar-refractivity contribution < 1.29 is 18.8 Å². The van der Waals surface area contributed by atoms with Gasteiger partial charge in [-0.05, 0) is 48.0 Å². The Morgan fingerprint density at radius 2 is 1.76 bits per heavy atom. The smallest absolute Gasteiger partial charge is 0.256 e. The largest absolute Gasteiger partial charge is 0.334 e. The van der Waals surface area contributed by atoms with Crippen LogP contribution >= 0.6 is 0 Å². The molecule has 0 saturated carbocycles. The lowest BCUT2D eigenvalue weighted by molar-refractivity contribution is -0.121. The molecule has 34 heavy (non-hydrogen) atoms. The van der Waals surface area contributed by atoms with Crippen LogP contribution in [-0.2, 0) is 4.79 Å². The Kier molecular flexibility index (Phi) is 5.30. The van der Waals surface area contributed by atoms with Gasteiger partial charge in [-0.1, -0.05) is 24.3 Å². The average Bonchev–Trinajstić information content (AvgIpc) is 2.97. The zero-order valence-electron chi connectivity index (χ0n) is 18.0. The highest BCUT2D eigenvalue weighted by molar-refractivity contribution is 6.11. The first kappa shape index (κ1) is 21.3. The van der Waals surface area contributed by atoms with Crippen LogP contribution in [0, 0.1) is 17.1 Å². The molecule has 1 unspecified atom stereocenters. The predicted octanol–water partition coefficient (Wildman–Crippen LogP) is 3.28. The van der Waals surface area contributed by atoms with Gasteiger partial charge < -0.3 is 15.1 Å². The van der Waals surface area contributed by atoms with Gasteiger partial charge in [0.15, 0.2) is 0 Å². The highest BCUT2D eigenvalue weighted by atomic mass is 19.1. The van der Waals surface area contributed by atoms with Crippen LogP contribution in [0.15, 0.2) is 66.7 Å². The third kappa shape index (κ3) is 3.67. The molecule has 0 spiro atoms. The van der Waals surface area contributed by atoms with Crippen molar-refractivity contribution in [3.63, 3.8) is 0 Å². The first-order valence-electron chi connectivity index (χ1n) is 10.8. The number of nitrogens with zero attached hydrogens (tertiary/aromatic N) is 3. The second kappa shape index (κ2) is 8.45. The van der Waals surface area contributed by atoms with Crippen molar-refractivity contribution >= 4 is 23.4 Å². The summed E-state index contributed by atoms with van der Waals surface area (Å²) >= 11 is 0. The van der Waals surface area contributed by atoms with E-state index < -0.39 is 11.9 Å². The Hall–Kier alpha value is -4.51. The van der Waals surface area contributed by atoms with Gasteiger partial charge in [0.25, 0.3) is 11.8 Å². The Labute approximate surface area is 195 Å². The summed E-state index contributed by atoms with van der Waals surface area (Å²) in [5.41, 5.74) is 2.39. The molecule has 1 fully saturated rings. The number of piperazine rings is 1. The molecule has 2 aliphatic rings. The molecule has 1 saturated heterocycles. The number of anilines is 1. The van der Waals surface area contributed by atoms with E-state index in [4.69, 9.17) is 5.26 Å². The summed E-state index contributed by atoms with van der Waals surface area (Å²) in [6.45, 7) is 0.490. The minimum atomic E-state index is -0.854. The van der Waals surface area contributed by atoms with Gasteiger partial charge in [-0.25, -0.2) is 4.39 Å². The molecule has 2 heterocycles. The molecule has 1 N–H and O–H groups in total. The summed E-state index contributed by atoms with van der Waals surface area (Å²) in [4.78, 5) is 42.4. The van der Waals surface area contributed by atoms with Crippen LogP contribution in [0.5, 0.6) is 0 Å². The molecule has 168 valence electrons. The maximum Gasteiger partial charge on any atom is 0.256 e. The van der Waals surface area contributed by atoms with E-state index >= 15 is 0 Å². The Morgan fingerprint density at radius 1 is 1.00 bits per heavy atom. The van der Waals surface area contributed by atoms with E-state index in [1.165, 1.54) is 15.9 Å². The average molecular weight is 454 g/mol. The van der Waals surface area contributed by atoms with Crippen molar-refractivity contribution in [2.24, 2.45) is 0 Å².